The lowest BCUT2D eigenvalue weighted by Gasteiger charge is -2.17. The number of rotatable bonds is 14. The molecule has 0 rings (SSSR count). The van der Waals surface area contributed by atoms with Crippen LogP contribution in [0.2, 0.25) is 0 Å². The van der Waals surface area contributed by atoms with E-state index in [1.165, 1.54) is 0 Å². The van der Waals surface area contributed by atoms with Crippen LogP contribution in [0.1, 0.15) is 51.9 Å². The molecule has 0 fully saturated rings. The Morgan fingerprint density at radius 1 is 0.923 bits per heavy atom. The highest BCUT2D eigenvalue weighted by molar-refractivity contribution is 5.93. The van der Waals surface area contributed by atoms with Crippen molar-refractivity contribution in [2.24, 2.45) is 5.73 Å². The van der Waals surface area contributed by atoms with Crippen molar-refractivity contribution in [3.8, 4) is 0 Å². The minimum Gasteiger partial charge on any atom is -0.480 e. The van der Waals surface area contributed by atoms with Gasteiger partial charge in [0.1, 0.15) is 12.6 Å². The van der Waals surface area contributed by atoms with Crippen LogP contribution in [-0.2, 0) is 24.0 Å². The fourth-order valence-corrected chi connectivity index (χ4v) is 2.09. The maximum Gasteiger partial charge on any atom is 0.322 e. The van der Waals surface area contributed by atoms with Gasteiger partial charge in [0.15, 0.2) is 0 Å². The van der Waals surface area contributed by atoms with Gasteiger partial charge in [-0.3, -0.25) is 24.0 Å². The molecular formula is C16H28N4O6. The van der Waals surface area contributed by atoms with Crippen LogP contribution in [0.3, 0.4) is 0 Å². The Labute approximate surface area is 152 Å². The molecule has 0 aliphatic heterocycles. The van der Waals surface area contributed by atoms with Crippen molar-refractivity contribution in [2.75, 3.05) is 13.1 Å². The summed E-state index contributed by atoms with van der Waals surface area (Å²) in [5, 5.41) is 15.2. The van der Waals surface area contributed by atoms with Crippen LogP contribution in [-0.4, -0.2) is 53.8 Å². The smallest absolute Gasteiger partial charge is 0.322 e. The molecule has 0 saturated heterocycles. The molecule has 1 atom stereocenters. The Hall–Kier alpha value is -2.65. The third-order valence-corrected chi connectivity index (χ3v) is 3.42. The number of hydrogen-bond acceptors (Lipinski definition) is 5. The van der Waals surface area contributed by atoms with E-state index in [1.54, 1.807) is 0 Å². The average molecular weight is 372 g/mol. The van der Waals surface area contributed by atoms with Gasteiger partial charge >= 0.3 is 5.97 Å². The SMILES string of the molecule is CCCCCCCC(=O)N[C@@H](CC(N)=O)C(=O)NCC(=O)NCC(=O)O. The molecule has 0 heterocycles. The molecule has 0 saturated carbocycles. The van der Waals surface area contributed by atoms with Crippen molar-refractivity contribution in [2.45, 2.75) is 57.9 Å². The molecule has 0 spiro atoms. The number of aliphatic carboxylic acids is 1. The topological polar surface area (TPSA) is 168 Å². The average Bonchev–Trinajstić information content (AvgIpc) is 2.56. The van der Waals surface area contributed by atoms with E-state index in [2.05, 4.69) is 22.9 Å². The van der Waals surface area contributed by atoms with E-state index in [0.29, 0.717) is 6.42 Å². The quantitative estimate of drug-likeness (QED) is 0.246. The monoisotopic (exact) mass is 372 g/mol. The van der Waals surface area contributed by atoms with Crippen LogP contribution in [0.15, 0.2) is 0 Å². The number of carboxylic acid groups (broad SMARTS) is 1. The Balaban J connectivity index is 4.37. The lowest BCUT2D eigenvalue weighted by molar-refractivity contribution is -0.138. The molecule has 6 N–H and O–H groups in total. The van der Waals surface area contributed by atoms with Gasteiger partial charge in [-0.2, -0.15) is 0 Å². The van der Waals surface area contributed by atoms with Crippen molar-refractivity contribution >= 4 is 29.6 Å². The van der Waals surface area contributed by atoms with E-state index in [4.69, 9.17) is 10.8 Å². The lowest BCUT2D eigenvalue weighted by Crippen LogP contribution is -2.50. The zero-order valence-electron chi connectivity index (χ0n) is 15.0. The number of amides is 4. The van der Waals surface area contributed by atoms with E-state index in [9.17, 15) is 24.0 Å². The van der Waals surface area contributed by atoms with Crippen LogP contribution in [0.25, 0.3) is 0 Å². The zero-order valence-corrected chi connectivity index (χ0v) is 15.0. The van der Waals surface area contributed by atoms with Crippen molar-refractivity contribution in [3.63, 3.8) is 0 Å². The predicted octanol–water partition coefficient (Wildman–Crippen LogP) is -0.976. The maximum atomic E-state index is 12.0. The van der Waals surface area contributed by atoms with Crippen LogP contribution in [0.5, 0.6) is 0 Å². The highest BCUT2D eigenvalue weighted by Crippen LogP contribution is 2.05. The van der Waals surface area contributed by atoms with Crippen LogP contribution in [0.4, 0.5) is 0 Å². The fraction of sp³-hybridized carbons (Fsp3) is 0.688. The van der Waals surface area contributed by atoms with Crippen LogP contribution >= 0.6 is 0 Å². The third-order valence-electron chi connectivity index (χ3n) is 3.42. The summed E-state index contributed by atoms with van der Waals surface area (Å²) >= 11 is 0. The third kappa shape index (κ3) is 12.7. The number of carbonyl (C=O) groups is 5. The van der Waals surface area contributed by atoms with Gasteiger partial charge in [-0.1, -0.05) is 32.6 Å². The second kappa shape index (κ2) is 13.6. The summed E-state index contributed by atoms with van der Waals surface area (Å²) in [6.45, 7) is 1.03. The van der Waals surface area contributed by atoms with Crippen molar-refractivity contribution in [3.05, 3.63) is 0 Å². The number of nitrogens with one attached hydrogen (secondary N) is 3. The van der Waals surface area contributed by atoms with Gasteiger partial charge in [0.2, 0.25) is 23.6 Å². The molecule has 10 heteroatoms. The first kappa shape index (κ1) is 23.4. The first-order valence-electron chi connectivity index (χ1n) is 8.60. The Morgan fingerprint density at radius 3 is 2.15 bits per heavy atom. The molecule has 0 aliphatic carbocycles. The van der Waals surface area contributed by atoms with Crippen molar-refractivity contribution in [1.82, 2.24) is 16.0 Å². The van der Waals surface area contributed by atoms with E-state index >= 15 is 0 Å². The van der Waals surface area contributed by atoms with Gasteiger partial charge in [0, 0.05) is 6.42 Å². The summed E-state index contributed by atoms with van der Waals surface area (Å²) in [6.07, 6.45) is 4.62. The van der Waals surface area contributed by atoms with E-state index < -0.39 is 49.2 Å². The first-order valence-corrected chi connectivity index (χ1v) is 8.60. The second-order valence-corrected chi connectivity index (χ2v) is 5.84. The van der Waals surface area contributed by atoms with Crippen molar-refractivity contribution < 1.29 is 29.1 Å². The fourth-order valence-electron chi connectivity index (χ4n) is 2.09. The van der Waals surface area contributed by atoms with Gasteiger partial charge in [-0.05, 0) is 6.42 Å². The molecule has 0 aromatic heterocycles. The molecule has 10 nitrogen and oxygen atoms in total. The Morgan fingerprint density at radius 2 is 1.58 bits per heavy atom. The van der Waals surface area contributed by atoms with Crippen LogP contribution in [0, 0.1) is 0 Å². The lowest BCUT2D eigenvalue weighted by atomic mass is 10.1. The van der Waals surface area contributed by atoms with Crippen molar-refractivity contribution in [1.29, 1.82) is 0 Å². The summed E-state index contributed by atoms with van der Waals surface area (Å²) in [5.41, 5.74) is 5.08. The van der Waals surface area contributed by atoms with Crippen LogP contribution < -0.4 is 21.7 Å². The molecule has 0 radical (unpaired) electrons. The molecule has 0 aromatic rings. The molecule has 148 valence electrons. The number of carbonyl (C=O) groups excluding carboxylic acids is 4. The normalized spacial score (nSPS) is 11.3. The van der Waals surface area contributed by atoms with E-state index in [0.717, 1.165) is 25.7 Å². The number of unbranched alkanes of at least 4 members (excludes halogenated alkanes) is 4. The summed E-state index contributed by atoms with van der Waals surface area (Å²) in [6, 6.07) is -1.18. The van der Waals surface area contributed by atoms with Gasteiger partial charge < -0.3 is 26.8 Å². The minimum atomic E-state index is -1.22. The highest BCUT2D eigenvalue weighted by Gasteiger charge is 2.23. The summed E-state index contributed by atoms with van der Waals surface area (Å²) in [4.78, 5) is 56.7. The molecule has 26 heavy (non-hydrogen) atoms. The second-order valence-electron chi connectivity index (χ2n) is 5.84. The summed E-state index contributed by atoms with van der Waals surface area (Å²) in [5.74, 6) is -3.82. The summed E-state index contributed by atoms with van der Waals surface area (Å²) < 4.78 is 0. The first-order chi connectivity index (χ1) is 12.3. The Bertz CT molecular complexity index is 509. The molecular weight excluding hydrogens is 344 g/mol. The highest BCUT2D eigenvalue weighted by atomic mass is 16.4. The summed E-state index contributed by atoms with van der Waals surface area (Å²) in [7, 11) is 0. The Kier molecular flexibility index (Phi) is 12.2. The van der Waals surface area contributed by atoms with E-state index in [1.807, 2.05) is 0 Å². The number of carboxylic acids is 1. The number of nitrogens with two attached hydrogens (primary N) is 1. The van der Waals surface area contributed by atoms with Gasteiger partial charge in [-0.15, -0.1) is 0 Å². The largest absolute Gasteiger partial charge is 0.480 e. The molecule has 0 unspecified atom stereocenters. The minimum absolute atomic E-state index is 0.228. The van der Waals surface area contributed by atoms with Gasteiger partial charge in [-0.25, -0.2) is 0 Å². The molecule has 0 aliphatic rings. The predicted molar refractivity (Wildman–Crippen MR) is 92.8 cm³/mol. The van der Waals surface area contributed by atoms with Gasteiger partial charge in [0.05, 0.1) is 13.0 Å². The molecule has 4 amide bonds. The zero-order chi connectivity index (χ0) is 19.9. The molecule has 0 bridgehead atoms. The maximum absolute atomic E-state index is 12.0. The van der Waals surface area contributed by atoms with E-state index in [-0.39, 0.29) is 12.3 Å². The molecule has 0 aromatic carbocycles. The number of primary amides is 1. The standard InChI is InChI=1S/C16H28N4O6/c1-2-3-4-5-6-7-13(22)20-11(8-12(17)21)16(26)19-9-14(23)18-10-15(24)25/h11H,2-10H2,1H3,(H2,17,21)(H,18,23)(H,19,26)(H,20,22)(H,24,25)/t11-/m0/s1. The number of hydrogen-bond donors (Lipinski definition) is 5. The van der Waals surface area contributed by atoms with Gasteiger partial charge in [0.25, 0.3) is 0 Å².